The number of nitrogens with zero attached hydrogens (tertiary/aromatic N) is 2. The number of halogens is 1. The maximum absolute atomic E-state index is 5.22. The van der Waals surface area contributed by atoms with Gasteiger partial charge < -0.3 is 11.2 Å². The maximum atomic E-state index is 5.22. The third kappa shape index (κ3) is 3.34. The van der Waals surface area contributed by atoms with Gasteiger partial charge in [0, 0.05) is 12.4 Å². The Hall–Kier alpha value is -0.710. The lowest BCUT2D eigenvalue weighted by molar-refractivity contribution is 0.824. The fourth-order valence-corrected chi connectivity index (χ4v) is 0.435. The van der Waals surface area contributed by atoms with Crippen LogP contribution in [-0.2, 0) is 6.54 Å². The Balaban J connectivity index is 0. The third-order valence-electron chi connectivity index (χ3n) is 0.802. The van der Waals surface area contributed by atoms with E-state index in [1.54, 1.807) is 18.5 Å². The average molecular weight is 164 g/mol. The maximum Gasteiger partial charge on any atom is 0.141 e. The fourth-order valence-electron chi connectivity index (χ4n) is 0.435. The molecule has 1 heterocycles. The molecular weight excluding hydrogens is 154 g/mol. The highest BCUT2D eigenvalue weighted by molar-refractivity contribution is 5.85. The summed E-state index contributed by atoms with van der Waals surface area (Å²) in [5.41, 5.74) is 5.22. The predicted octanol–water partition coefficient (Wildman–Crippen LogP) is -0.468. The molecule has 58 valence electrons. The summed E-state index contributed by atoms with van der Waals surface area (Å²) in [4.78, 5) is 7.72. The highest BCUT2D eigenvalue weighted by atomic mass is 35.5. The van der Waals surface area contributed by atoms with Crippen molar-refractivity contribution in [3.05, 3.63) is 24.3 Å². The van der Waals surface area contributed by atoms with Gasteiger partial charge in [0.25, 0.3) is 0 Å². The first-order chi connectivity index (χ1) is 3.93. The second-order valence-electron chi connectivity index (χ2n) is 1.37. The lowest BCUT2D eigenvalue weighted by Gasteiger charge is -1.88. The summed E-state index contributed by atoms with van der Waals surface area (Å²) in [6, 6.07) is 1.76. The van der Waals surface area contributed by atoms with Crippen LogP contribution < -0.4 is 5.73 Å². The highest BCUT2D eigenvalue weighted by Crippen LogP contribution is 1.81. The molecule has 4 nitrogen and oxygen atoms in total. The zero-order valence-electron chi connectivity index (χ0n) is 5.32. The molecule has 0 unspecified atom stereocenters. The Bertz CT molecular complexity index is 158. The summed E-state index contributed by atoms with van der Waals surface area (Å²) in [6.07, 6.45) is 3.35. The van der Waals surface area contributed by atoms with Crippen LogP contribution in [0.3, 0.4) is 0 Å². The lowest BCUT2D eigenvalue weighted by Crippen LogP contribution is -2.00. The second-order valence-corrected chi connectivity index (χ2v) is 1.37. The number of nitrogens with two attached hydrogens (primary N) is 1. The molecule has 10 heavy (non-hydrogen) atoms. The molecule has 5 heteroatoms. The molecule has 1 aromatic heterocycles. The van der Waals surface area contributed by atoms with Gasteiger partial charge in [-0.1, -0.05) is 0 Å². The molecule has 0 fully saturated rings. The van der Waals surface area contributed by atoms with Gasteiger partial charge in [-0.05, 0) is 6.07 Å². The van der Waals surface area contributed by atoms with E-state index in [0.29, 0.717) is 12.4 Å². The minimum atomic E-state index is 0. The van der Waals surface area contributed by atoms with E-state index in [-0.39, 0.29) is 17.9 Å². The molecule has 0 spiro atoms. The molecule has 0 radical (unpaired) electrons. The number of aromatic nitrogens is 2. The van der Waals surface area contributed by atoms with Crippen molar-refractivity contribution in [2.75, 3.05) is 0 Å². The summed E-state index contributed by atoms with van der Waals surface area (Å²) in [5.74, 6) is 0.688. The number of rotatable bonds is 1. The molecule has 0 aliphatic rings. The molecule has 1 rings (SSSR count). The van der Waals surface area contributed by atoms with Crippen LogP contribution in [0.15, 0.2) is 18.5 Å². The van der Waals surface area contributed by atoms with Crippen LogP contribution in [0.25, 0.3) is 0 Å². The number of hydrogen-bond acceptors (Lipinski definition) is 3. The quantitative estimate of drug-likeness (QED) is 0.608. The van der Waals surface area contributed by atoms with Crippen molar-refractivity contribution in [2.24, 2.45) is 5.73 Å². The molecule has 0 aliphatic heterocycles. The first kappa shape index (κ1) is 12.0. The van der Waals surface area contributed by atoms with Crippen LogP contribution in [0.1, 0.15) is 5.82 Å². The van der Waals surface area contributed by atoms with Crippen molar-refractivity contribution < 1.29 is 5.48 Å². The molecule has 0 aliphatic carbocycles. The molecule has 0 bridgehead atoms. The van der Waals surface area contributed by atoms with Crippen LogP contribution in [-0.4, -0.2) is 15.4 Å². The molecule has 1 aromatic rings. The minimum Gasteiger partial charge on any atom is -0.412 e. The van der Waals surface area contributed by atoms with E-state index in [0.717, 1.165) is 0 Å². The van der Waals surface area contributed by atoms with Crippen molar-refractivity contribution in [1.29, 1.82) is 0 Å². The standard InChI is InChI=1S/C5H7N3.ClH.H2O/c6-4-5-7-2-1-3-8-5;;/h1-3H,4,6H2;1H;1H2. The van der Waals surface area contributed by atoms with Gasteiger partial charge in [-0.25, -0.2) is 9.97 Å². The van der Waals surface area contributed by atoms with Gasteiger partial charge in [0.05, 0.1) is 6.54 Å². The van der Waals surface area contributed by atoms with Gasteiger partial charge >= 0.3 is 0 Å². The van der Waals surface area contributed by atoms with Crippen LogP contribution in [0.5, 0.6) is 0 Å². The molecule has 0 amide bonds. The minimum absolute atomic E-state index is 0. The Morgan fingerprint density at radius 3 is 2.10 bits per heavy atom. The fraction of sp³-hybridized carbons (Fsp3) is 0.200. The van der Waals surface area contributed by atoms with Crippen LogP contribution in [0.2, 0.25) is 0 Å². The molecule has 4 N–H and O–H groups in total. The monoisotopic (exact) mass is 163 g/mol. The van der Waals surface area contributed by atoms with Gasteiger partial charge in [-0.15, -0.1) is 12.4 Å². The first-order valence-electron chi connectivity index (χ1n) is 2.39. The smallest absolute Gasteiger partial charge is 0.141 e. The van der Waals surface area contributed by atoms with Gasteiger partial charge in [-0.3, -0.25) is 0 Å². The third-order valence-corrected chi connectivity index (χ3v) is 0.802. The van der Waals surface area contributed by atoms with Gasteiger partial charge in [0.15, 0.2) is 0 Å². The molecular formula is C5H10ClN3O. The van der Waals surface area contributed by atoms with E-state index in [1.165, 1.54) is 0 Å². The zero-order valence-corrected chi connectivity index (χ0v) is 6.14. The Kier molecular flexibility index (Phi) is 7.70. The molecule has 0 atom stereocenters. The topological polar surface area (TPSA) is 83.3 Å². The lowest BCUT2D eigenvalue weighted by atomic mass is 10.6. The van der Waals surface area contributed by atoms with E-state index in [2.05, 4.69) is 9.97 Å². The van der Waals surface area contributed by atoms with E-state index in [4.69, 9.17) is 5.73 Å². The summed E-state index contributed by atoms with van der Waals surface area (Å²) in [7, 11) is 0. The molecule has 0 saturated carbocycles. The molecule has 0 saturated heterocycles. The van der Waals surface area contributed by atoms with E-state index >= 15 is 0 Å². The van der Waals surface area contributed by atoms with Crippen molar-refractivity contribution in [3.8, 4) is 0 Å². The first-order valence-corrected chi connectivity index (χ1v) is 2.39. The zero-order chi connectivity index (χ0) is 5.82. The molecule has 0 aromatic carbocycles. The van der Waals surface area contributed by atoms with E-state index in [1.807, 2.05) is 0 Å². The largest absolute Gasteiger partial charge is 0.412 e. The number of hydrogen-bond donors (Lipinski definition) is 1. The van der Waals surface area contributed by atoms with Gasteiger partial charge in [0.1, 0.15) is 5.82 Å². The normalized spacial score (nSPS) is 7.30. The summed E-state index contributed by atoms with van der Waals surface area (Å²) >= 11 is 0. The van der Waals surface area contributed by atoms with Gasteiger partial charge in [-0.2, -0.15) is 0 Å². The average Bonchev–Trinajstić information content (AvgIpc) is 1.90. The van der Waals surface area contributed by atoms with Crippen LogP contribution in [0, 0.1) is 0 Å². The second kappa shape index (κ2) is 6.41. The Morgan fingerprint density at radius 1 is 1.30 bits per heavy atom. The summed E-state index contributed by atoms with van der Waals surface area (Å²) in [6.45, 7) is 0.418. The predicted molar refractivity (Wildman–Crippen MR) is 40.8 cm³/mol. The summed E-state index contributed by atoms with van der Waals surface area (Å²) in [5, 5.41) is 0. The Morgan fingerprint density at radius 2 is 1.80 bits per heavy atom. The van der Waals surface area contributed by atoms with Crippen molar-refractivity contribution in [1.82, 2.24) is 9.97 Å². The van der Waals surface area contributed by atoms with Crippen molar-refractivity contribution >= 4 is 12.4 Å². The summed E-state index contributed by atoms with van der Waals surface area (Å²) < 4.78 is 0. The van der Waals surface area contributed by atoms with Crippen LogP contribution >= 0.6 is 12.4 Å². The van der Waals surface area contributed by atoms with E-state index < -0.39 is 0 Å². The van der Waals surface area contributed by atoms with Gasteiger partial charge in [0.2, 0.25) is 0 Å². The SMILES string of the molecule is Cl.NCc1ncccn1.O. The Labute approximate surface area is 65.2 Å². The van der Waals surface area contributed by atoms with Crippen LogP contribution in [0.4, 0.5) is 0 Å². The van der Waals surface area contributed by atoms with Crippen molar-refractivity contribution in [2.45, 2.75) is 6.54 Å². The van der Waals surface area contributed by atoms with Crippen molar-refractivity contribution in [3.63, 3.8) is 0 Å². The highest BCUT2D eigenvalue weighted by Gasteiger charge is 1.83. The van der Waals surface area contributed by atoms with E-state index in [9.17, 15) is 0 Å².